The summed E-state index contributed by atoms with van der Waals surface area (Å²) in [5, 5.41) is 12.0. The minimum absolute atomic E-state index is 0.239. The van der Waals surface area contributed by atoms with Crippen LogP contribution in [0.5, 0.6) is 11.5 Å². The number of rotatable bonds is 7. The molecule has 0 spiro atoms. The summed E-state index contributed by atoms with van der Waals surface area (Å²) in [4.78, 5) is 25.1. The van der Waals surface area contributed by atoms with Crippen molar-refractivity contribution in [2.24, 2.45) is 5.92 Å². The lowest BCUT2D eigenvalue weighted by atomic mass is 9.99. The topological polar surface area (TPSA) is 88.1 Å². The first-order valence-corrected chi connectivity index (χ1v) is 9.69. The van der Waals surface area contributed by atoms with Crippen LogP contribution in [-0.4, -0.2) is 48.8 Å². The monoisotopic (exact) mass is 398 g/mol. The standard InChI is InChI=1S/C22H26N2O5/c1-28-14-12-16-4-8-19(9-5-16)29-20-10-6-18(7-11-20)23-22(27)24-13-2-3-17(15-24)21(25)26/h4-11,17H,2-3,12-15H2,1H3,(H,23,27)(H,25,26). The van der Waals surface area contributed by atoms with Gasteiger partial charge in [0.15, 0.2) is 0 Å². The molecule has 1 heterocycles. The van der Waals surface area contributed by atoms with E-state index in [0.717, 1.165) is 12.2 Å². The minimum atomic E-state index is -0.851. The molecular weight excluding hydrogens is 372 g/mol. The van der Waals surface area contributed by atoms with Gasteiger partial charge in [-0.25, -0.2) is 4.79 Å². The van der Waals surface area contributed by atoms with Gasteiger partial charge in [0.05, 0.1) is 12.5 Å². The fourth-order valence-electron chi connectivity index (χ4n) is 3.25. The molecular formula is C22H26N2O5. The number of likely N-dealkylation sites (tertiary alicyclic amines) is 1. The Hall–Kier alpha value is -3.06. The van der Waals surface area contributed by atoms with Crippen LogP contribution in [0.3, 0.4) is 0 Å². The van der Waals surface area contributed by atoms with Gasteiger partial charge in [-0.05, 0) is 61.2 Å². The minimum Gasteiger partial charge on any atom is -0.481 e. The fraction of sp³-hybridized carbons (Fsp3) is 0.364. The van der Waals surface area contributed by atoms with Crippen molar-refractivity contribution in [1.82, 2.24) is 4.90 Å². The molecule has 7 heteroatoms. The molecule has 2 aromatic carbocycles. The van der Waals surface area contributed by atoms with E-state index < -0.39 is 11.9 Å². The van der Waals surface area contributed by atoms with Gasteiger partial charge < -0.3 is 24.8 Å². The van der Waals surface area contributed by atoms with Gasteiger partial charge in [-0.3, -0.25) is 4.79 Å². The number of nitrogens with one attached hydrogen (secondary N) is 1. The highest BCUT2D eigenvalue weighted by atomic mass is 16.5. The summed E-state index contributed by atoms with van der Waals surface area (Å²) >= 11 is 0. The number of amides is 2. The van der Waals surface area contributed by atoms with Crippen molar-refractivity contribution in [2.75, 3.05) is 32.1 Å². The van der Waals surface area contributed by atoms with Crippen LogP contribution in [0.4, 0.5) is 10.5 Å². The van der Waals surface area contributed by atoms with E-state index in [1.807, 2.05) is 24.3 Å². The number of hydrogen-bond donors (Lipinski definition) is 2. The maximum atomic E-state index is 12.4. The van der Waals surface area contributed by atoms with E-state index in [0.29, 0.717) is 37.4 Å². The summed E-state index contributed by atoms with van der Waals surface area (Å²) in [5.41, 5.74) is 1.81. The Kier molecular flexibility index (Phi) is 7.08. The number of methoxy groups -OCH3 is 1. The van der Waals surface area contributed by atoms with Crippen LogP contribution >= 0.6 is 0 Å². The highest BCUT2D eigenvalue weighted by Gasteiger charge is 2.28. The molecule has 29 heavy (non-hydrogen) atoms. The zero-order valence-corrected chi connectivity index (χ0v) is 16.5. The number of piperidine rings is 1. The second-order valence-electron chi connectivity index (χ2n) is 7.07. The first-order chi connectivity index (χ1) is 14.0. The smallest absolute Gasteiger partial charge is 0.321 e. The quantitative estimate of drug-likeness (QED) is 0.736. The average molecular weight is 398 g/mol. The first-order valence-electron chi connectivity index (χ1n) is 9.69. The van der Waals surface area contributed by atoms with Crippen molar-refractivity contribution in [3.8, 4) is 11.5 Å². The Bertz CT molecular complexity index is 820. The SMILES string of the molecule is COCCc1ccc(Oc2ccc(NC(=O)N3CCCC(C(=O)O)C3)cc2)cc1. The maximum Gasteiger partial charge on any atom is 0.321 e. The molecule has 2 amide bonds. The molecule has 1 aliphatic rings. The molecule has 2 N–H and O–H groups in total. The second-order valence-corrected chi connectivity index (χ2v) is 7.07. The number of carboxylic acid groups (broad SMARTS) is 1. The lowest BCUT2D eigenvalue weighted by Crippen LogP contribution is -2.44. The Morgan fingerprint density at radius 2 is 1.76 bits per heavy atom. The highest BCUT2D eigenvalue weighted by Crippen LogP contribution is 2.24. The fourth-order valence-corrected chi connectivity index (χ4v) is 3.25. The molecule has 3 rings (SSSR count). The van der Waals surface area contributed by atoms with Crippen LogP contribution in [0.15, 0.2) is 48.5 Å². The number of ether oxygens (including phenoxy) is 2. The van der Waals surface area contributed by atoms with Gasteiger partial charge in [-0.2, -0.15) is 0 Å². The number of urea groups is 1. The molecule has 0 bridgehead atoms. The van der Waals surface area contributed by atoms with Crippen molar-refractivity contribution in [3.63, 3.8) is 0 Å². The van der Waals surface area contributed by atoms with Gasteiger partial charge in [0.1, 0.15) is 11.5 Å². The molecule has 0 aromatic heterocycles. The summed E-state index contributed by atoms with van der Waals surface area (Å²) in [5.74, 6) is 0.0504. The van der Waals surface area contributed by atoms with Crippen molar-refractivity contribution in [2.45, 2.75) is 19.3 Å². The summed E-state index contributed by atoms with van der Waals surface area (Å²) in [6.45, 7) is 1.49. The van der Waals surface area contributed by atoms with Crippen LogP contribution in [0, 0.1) is 5.92 Å². The predicted molar refractivity (Wildman–Crippen MR) is 109 cm³/mol. The van der Waals surface area contributed by atoms with Crippen LogP contribution in [0.1, 0.15) is 18.4 Å². The van der Waals surface area contributed by atoms with E-state index in [2.05, 4.69) is 5.32 Å². The molecule has 1 unspecified atom stereocenters. The van der Waals surface area contributed by atoms with Gasteiger partial charge in [-0.1, -0.05) is 12.1 Å². The molecule has 7 nitrogen and oxygen atoms in total. The summed E-state index contributed by atoms with van der Waals surface area (Å²) < 4.78 is 10.9. The normalized spacial score (nSPS) is 16.3. The number of carboxylic acids is 1. The maximum absolute atomic E-state index is 12.4. The molecule has 0 aliphatic carbocycles. The van der Waals surface area contributed by atoms with Gasteiger partial charge in [0, 0.05) is 25.9 Å². The third-order valence-electron chi connectivity index (χ3n) is 4.92. The Morgan fingerprint density at radius 1 is 1.10 bits per heavy atom. The largest absolute Gasteiger partial charge is 0.481 e. The Morgan fingerprint density at radius 3 is 2.38 bits per heavy atom. The van der Waals surface area contributed by atoms with Gasteiger partial charge in [-0.15, -0.1) is 0 Å². The zero-order chi connectivity index (χ0) is 20.6. The number of carbonyl (C=O) groups excluding carboxylic acids is 1. The Labute approximate surface area is 170 Å². The predicted octanol–water partition coefficient (Wildman–Crippen LogP) is 4.00. The lowest BCUT2D eigenvalue weighted by molar-refractivity contribution is -0.143. The van der Waals surface area contributed by atoms with Crippen molar-refractivity contribution in [1.29, 1.82) is 0 Å². The number of nitrogens with zero attached hydrogens (tertiary/aromatic N) is 1. The third-order valence-corrected chi connectivity index (χ3v) is 4.92. The molecule has 1 aliphatic heterocycles. The highest BCUT2D eigenvalue weighted by molar-refractivity contribution is 5.89. The van der Waals surface area contributed by atoms with Crippen LogP contribution in [0.2, 0.25) is 0 Å². The van der Waals surface area contributed by atoms with E-state index in [1.54, 1.807) is 36.3 Å². The average Bonchev–Trinajstić information content (AvgIpc) is 2.74. The molecule has 154 valence electrons. The Balaban J connectivity index is 1.53. The van der Waals surface area contributed by atoms with Crippen LogP contribution in [-0.2, 0) is 16.0 Å². The number of hydrogen-bond acceptors (Lipinski definition) is 4. The van der Waals surface area contributed by atoms with E-state index in [-0.39, 0.29) is 12.6 Å². The lowest BCUT2D eigenvalue weighted by Gasteiger charge is -2.30. The summed E-state index contributed by atoms with van der Waals surface area (Å²) in [6, 6.07) is 14.6. The van der Waals surface area contributed by atoms with Crippen molar-refractivity contribution < 1.29 is 24.2 Å². The molecule has 1 atom stereocenters. The van der Waals surface area contributed by atoms with E-state index in [9.17, 15) is 9.59 Å². The van der Waals surface area contributed by atoms with Crippen molar-refractivity contribution >= 4 is 17.7 Å². The summed E-state index contributed by atoms with van der Waals surface area (Å²) in [6.07, 6.45) is 2.16. The van der Waals surface area contributed by atoms with Gasteiger partial charge in [0.25, 0.3) is 0 Å². The number of carbonyl (C=O) groups is 2. The molecule has 2 aromatic rings. The number of aliphatic carboxylic acids is 1. The molecule has 1 fully saturated rings. The molecule has 0 saturated carbocycles. The first kappa shape index (κ1) is 20.7. The zero-order valence-electron chi connectivity index (χ0n) is 16.5. The van der Waals surface area contributed by atoms with Crippen LogP contribution < -0.4 is 10.1 Å². The number of anilines is 1. The second kappa shape index (κ2) is 9.93. The molecule has 0 radical (unpaired) electrons. The molecule has 1 saturated heterocycles. The van der Waals surface area contributed by atoms with Crippen LogP contribution in [0.25, 0.3) is 0 Å². The van der Waals surface area contributed by atoms with E-state index in [1.165, 1.54) is 5.56 Å². The van der Waals surface area contributed by atoms with Gasteiger partial charge >= 0.3 is 12.0 Å². The number of benzene rings is 2. The van der Waals surface area contributed by atoms with Gasteiger partial charge in [0.2, 0.25) is 0 Å². The summed E-state index contributed by atoms with van der Waals surface area (Å²) in [7, 11) is 1.68. The van der Waals surface area contributed by atoms with E-state index in [4.69, 9.17) is 14.6 Å². The third kappa shape index (κ3) is 5.96. The van der Waals surface area contributed by atoms with E-state index >= 15 is 0 Å². The van der Waals surface area contributed by atoms with Crippen molar-refractivity contribution in [3.05, 3.63) is 54.1 Å².